The van der Waals surface area contributed by atoms with Crippen LogP contribution in [0.3, 0.4) is 0 Å². The summed E-state index contributed by atoms with van der Waals surface area (Å²) in [5.41, 5.74) is 5.32. The van der Waals surface area contributed by atoms with E-state index in [9.17, 15) is 14.4 Å². The number of carbonyl (C=O) groups excluding carboxylic acids is 3. The molecule has 2 heterocycles. The molecule has 2 atom stereocenters. The summed E-state index contributed by atoms with van der Waals surface area (Å²) in [6.45, 7) is 6.92. The monoisotopic (exact) mass is 392 g/mol. The van der Waals surface area contributed by atoms with E-state index in [0.717, 1.165) is 32.2 Å². The Labute approximate surface area is 168 Å². The summed E-state index contributed by atoms with van der Waals surface area (Å²) in [5, 5.41) is 3.34. The van der Waals surface area contributed by atoms with Gasteiger partial charge in [-0.15, -0.1) is 0 Å². The van der Waals surface area contributed by atoms with Crippen molar-refractivity contribution in [1.29, 1.82) is 0 Å². The number of rotatable bonds is 8. The van der Waals surface area contributed by atoms with Crippen LogP contribution in [0.2, 0.25) is 0 Å². The molecule has 3 amide bonds. The molecule has 1 saturated carbocycles. The predicted octanol–water partition coefficient (Wildman–Crippen LogP) is 1.12. The Bertz CT molecular complexity index is 582. The molecule has 0 spiro atoms. The van der Waals surface area contributed by atoms with Gasteiger partial charge in [0.1, 0.15) is 6.04 Å². The number of hydrogen-bond acceptors (Lipinski definition) is 4. The molecule has 3 N–H and O–H groups in total. The van der Waals surface area contributed by atoms with Crippen LogP contribution in [0.4, 0.5) is 0 Å². The van der Waals surface area contributed by atoms with Crippen molar-refractivity contribution in [2.75, 3.05) is 26.2 Å². The lowest BCUT2D eigenvalue weighted by Crippen LogP contribution is -2.62. The van der Waals surface area contributed by atoms with Crippen LogP contribution in [0.1, 0.15) is 58.8 Å². The molecule has 3 fully saturated rings. The molecule has 0 aromatic rings. The van der Waals surface area contributed by atoms with Crippen molar-refractivity contribution in [2.24, 2.45) is 23.5 Å². The highest BCUT2D eigenvalue weighted by atomic mass is 16.2. The zero-order chi connectivity index (χ0) is 20.3. The molecule has 2 aliphatic heterocycles. The first-order valence-electron chi connectivity index (χ1n) is 11.0. The van der Waals surface area contributed by atoms with E-state index in [1.165, 1.54) is 12.8 Å². The number of nitrogens with two attached hydrogens (primary N) is 1. The lowest BCUT2D eigenvalue weighted by atomic mass is 9.92. The minimum atomic E-state index is -0.329. The molecule has 0 unspecified atom stereocenters. The molecule has 0 aromatic heterocycles. The third kappa shape index (κ3) is 5.46. The summed E-state index contributed by atoms with van der Waals surface area (Å²) >= 11 is 0. The second-order valence-electron chi connectivity index (χ2n) is 9.30. The minimum Gasteiger partial charge on any atom is -0.370 e. The molecule has 158 valence electrons. The van der Waals surface area contributed by atoms with Crippen LogP contribution < -0.4 is 11.1 Å². The standard InChI is InChI=1S/C21H36N4O3/c1-14(2)11-17-20(27)25(10-7-23-17)18(12-15-3-4-15)21(28)24-8-5-16(6-9-24)13-19(22)26/h14-18,23H,3-13H2,1-2H3,(H2,22,26)/t17-,18-/m0/s1. The maximum Gasteiger partial charge on any atom is 0.245 e. The Morgan fingerprint density at radius 1 is 1.07 bits per heavy atom. The molecular formula is C21H36N4O3. The SMILES string of the molecule is CC(C)C[C@@H]1NCCN([C@@H](CC2CC2)C(=O)N2CCC(CC(N)=O)CC2)C1=O. The zero-order valence-electron chi connectivity index (χ0n) is 17.4. The van der Waals surface area contributed by atoms with Gasteiger partial charge in [-0.25, -0.2) is 0 Å². The summed E-state index contributed by atoms with van der Waals surface area (Å²) in [7, 11) is 0. The van der Waals surface area contributed by atoms with E-state index in [1.54, 1.807) is 0 Å². The summed E-state index contributed by atoms with van der Waals surface area (Å²) in [6, 6.07) is -0.506. The molecule has 7 heteroatoms. The fraction of sp³-hybridized carbons (Fsp3) is 0.857. The number of nitrogens with zero attached hydrogens (tertiary/aromatic N) is 2. The highest BCUT2D eigenvalue weighted by Crippen LogP contribution is 2.36. The Morgan fingerprint density at radius 3 is 2.32 bits per heavy atom. The zero-order valence-corrected chi connectivity index (χ0v) is 17.4. The van der Waals surface area contributed by atoms with Gasteiger partial charge >= 0.3 is 0 Å². The molecule has 0 bridgehead atoms. The number of piperidine rings is 1. The van der Waals surface area contributed by atoms with Gasteiger partial charge < -0.3 is 20.9 Å². The quantitative estimate of drug-likeness (QED) is 0.647. The second kappa shape index (κ2) is 9.25. The van der Waals surface area contributed by atoms with E-state index < -0.39 is 0 Å². The van der Waals surface area contributed by atoms with Gasteiger partial charge in [-0.05, 0) is 43.4 Å². The van der Waals surface area contributed by atoms with Crippen LogP contribution >= 0.6 is 0 Å². The van der Waals surface area contributed by atoms with Crippen molar-refractivity contribution in [3.05, 3.63) is 0 Å². The van der Waals surface area contributed by atoms with Crippen molar-refractivity contribution < 1.29 is 14.4 Å². The lowest BCUT2D eigenvalue weighted by molar-refractivity contribution is -0.150. The first-order chi connectivity index (χ1) is 13.3. The van der Waals surface area contributed by atoms with E-state index in [2.05, 4.69) is 19.2 Å². The van der Waals surface area contributed by atoms with Crippen LogP contribution in [0.25, 0.3) is 0 Å². The molecular weight excluding hydrogens is 356 g/mol. The minimum absolute atomic E-state index is 0.0857. The maximum atomic E-state index is 13.4. The second-order valence-corrected chi connectivity index (χ2v) is 9.30. The highest BCUT2D eigenvalue weighted by molar-refractivity contribution is 5.90. The third-order valence-electron chi connectivity index (χ3n) is 6.36. The molecule has 3 aliphatic rings. The number of amides is 3. The Morgan fingerprint density at radius 2 is 1.75 bits per heavy atom. The number of hydrogen-bond donors (Lipinski definition) is 2. The van der Waals surface area contributed by atoms with Gasteiger partial charge in [0.25, 0.3) is 0 Å². The van der Waals surface area contributed by atoms with Gasteiger partial charge in [-0.1, -0.05) is 26.7 Å². The van der Waals surface area contributed by atoms with Gasteiger partial charge in [-0.2, -0.15) is 0 Å². The number of primary amides is 1. The van der Waals surface area contributed by atoms with Crippen molar-refractivity contribution in [2.45, 2.75) is 70.9 Å². The Balaban J connectivity index is 1.65. The van der Waals surface area contributed by atoms with Crippen molar-refractivity contribution in [3.63, 3.8) is 0 Å². The smallest absolute Gasteiger partial charge is 0.245 e. The molecule has 3 rings (SSSR count). The predicted molar refractivity (Wildman–Crippen MR) is 107 cm³/mol. The van der Waals surface area contributed by atoms with Gasteiger partial charge in [0.15, 0.2) is 0 Å². The average Bonchev–Trinajstić information content (AvgIpc) is 3.45. The summed E-state index contributed by atoms with van der Waals surface area (Å²) in [6.07, 6.45) is 5.96. The fourth-order valence-corrected chi connectivity index (χ4v) is 4.61. The van der Waals surface area contributed by atoms with Crippen LogP contribution in [0, 0.1) is 17.8 Å². The average molecular weight is 393 g/mol. The molecule has 28 heavy (non-hydrogen) atoms. The topological polar surface area (TPSA) is 95.7 Å². The van der Waals surface area contributed by atoms with E-state index in [4.69, 9.17) is 5.73 Å². The normalized spacial score (nSPS) is 25.2. The Hall–Kier alpha value is -1.63. The highest BCUT2D eigenvalue weighted by Gasteiger charge is 2.41. The van der Waals surface area contributed by atoms with Crippen LogP contribution in [-0.2, 0) is 14.4 Å². The molecule has 1 aliphatic carbocycles. The summed E-state index contributed by atoms with van der Waals surface area (Å²) in [4.78, 5) is 41.4. The van der Waals surface area contributed by atoms with Gasteiger partial charge in [0.2, 0.25) is 17.7 Å². The van der Waals surface area contributed by atoms with Gasteiger partial charge in [0.05, 0.1) is 6.04 Å². The van der Waals surface area contributed by atoms with E-state index in [-0.39, 0.29) is 35.7 Å². The third-order valence-corrected chi connectivity index (χ3v) is 6.36. The number of piperazine rings is 1. The molecule has 2 saturated heterocycles. The maximum absolute atomic E-state index is 13.4. The number of carbonyl (C=O) groups is 3. The molecule has 7 nitrogen and oxygen atoms in total. The fourth-order valence-electron chi connectivity index (χ4n) is 4.61. The first-order valence-corrected chi connectivity index (χ1v) is 11.0. The lowest BCUT2D eigenvalue weighted by Gasteiger charge is -2.41. The van der Waals surface area contributed by atoms with Crippen LogP contribution in [-0.4, -0.2) is 65.8 Å². The van der Waals surface area contributed by atoms with Crippen LogP contribution in [0.5, 0.6) is 0 Å². The molecule has 0 radical (unpaired) electrons. The van der Waals surface area contributed by atoms with Crippen molar-refractivity contribution in [3.8, 4) is 0 Å². The van der Waals surface area contributed by atoms with Gasteiger partial charge in [-0.3, -0.25) is 14.4 Å². The van der Waals surface area contributed by atoms with E-state index in [1.807, 2.05) is 9.80 Å². The van der Waals surface area contributed by atoms with E-state index >= 15 is 0 Å². The number of nitrogens with one attached hydrogen (secondary N) is 1. The number of likely N-dealkylation sites (tertiary alicyclic amines) is 1. The van der Waals surface area contributed by atoms with Gasteiger partial charge in [0, 0.05) is 32.6 Å². The summed E-state index contributed by atoms with van der Waals surface area (Å²) < 4.78 is 0. The largest absolute Gasteiger partial charge is 0.370 e. The van der Waals surface area contributed by atoms with Crippen molar-refractivity contribution in [1.82, 2.24) is 15.1 Å². The Kier molecular flexibility index (Phi) is 6.96. The summed E-state index contributed by atoms with van der Waals surface area (Å²) in [5.74, 6) is 1.21. The van der Waals surface area contributed by atoms with E-state index in [0.29, 0.717) is 37.9 Å². The van der Waals surface area contributed by atoms with Crippen LogP contribution in [0.15, 0.2) is 0 Å². The van der Waals surface area contributed by atoms with Crippen molar-refractivity contribution >= 4 is 17.7 Å². The molecule has 0 aromatic carbocycles. The first kappa shape index (κ1) is 21.1.